The van der Waals surface area contributed by atoms with Crippen LogP contribution < -0.4 is 5.32 Å². The summed E-state index contributed by atoms with van der Waals surface area (Å²) in [6.07, 6.45) is 5.65. The zero-order chi connectivity index (χ0) is 12.3. The molecule has 0 saturated heterocycles. The van der Waals surface area contributed by atoms with Gasteiger partial charge >= 0.3 is 0 Å². The minimum atomic E-state index is 0.873. The Bertz CT molecular complexity index is 375. The van der Waals surface area contributed by atoms with Crippen molar-refractivity contribution in [1.82, 2.24) is 0 Å². The highest BCUT2D eigenvalue weighted by Crippen LogP contribution is 2.28. The summed E-state index contributed by atoms with van der Waals surface area (Å²) in [5.41, 5.74) is 2.64. The van der Waals surface area contributed by atoms with Gasteiger partial charge in [0, 0.05) is 15.8 Å². The normalized spacial score (nSPS) is 24.6. The van der Waals surface area contributed by atoms with Crippen LogP contribution in [0.3, 0.4) is 0 Å². The molecule has 0 aliphatic heterocycles. The Morgan fingerprint density at radius 2 is 2.18 bits per heavy atom. The Kier molecular flexibility index (Phi) is 4.71. The Morgan fingerprint density at radius 1 is 1.35 bits per heavy atom. The largest absolute Gasteiger partial charge is 0.385 e. The van der Waals surface area contributed by atoms with Crippen molar-refractivity contribution < 1.29 is 0 Å². The summed E-state index contributed by atoms with van der Waals surface area (Å²) in [6.45, 7) is 5.69. The van der Waals surface area contributed by atoms with Crippen LogP contribution in [-0.4, -0.2) is 6.54 Å². The Labute approximate surface area is 119 Å². The zero-order valence-corrected chi connectivity index (χ0v) is 13.0. The minimum Gasteiger partial charge on any atom is -0.385 e. The predicted molar refractivity (Wildman–Crippen MR) is 83.5 cm³/mol. The molecule has 0 bridgehead atoms. The lowest BCUT2D eigenvalue weighted by molar-refractivity contribution is 0.293. The molecule has 1 nitrogen and oxygen atoms in total. The van der Waals surface area contributed by atoms with Crippen molar-refractivity contribution in [3.8, 4) is 0 Å². The number of halogens is 1. The van der Waals surface area contributed by atoms with Crippen LogP contribution in [0.25, 0.3) is 0 Å². The van der Waals surface area contributed by atoms with Crippen LogP contribution in [0.4, 0.5) is 5.69 Å². The lowest BCUT2D eigenvalue weighted by atomic mass is 9.82. The van der Waals surface area contributed by atoms with E-state index in [1.54, 1.807) is 0 Å². The van der Waals surface area contributed by atoms with Gasteiger partial charge in [0.25, 0.3) is 0 Å². The highest BCUT2D eigenvalue weighted by Gasteiger charge is 2.18. The maximum absolute atomic E-state index is 3.60. The highest BCUT2D eigenvalue weighted by molar-refractivity contribution is 14.1. The molecule has 0 radical (unpaired) electrons. The second-order valence-electron chi connectivity index (χ2n) is 5.48. The molecule has 1 aliphatic carbocycles. The number of anilines is 1. The van der Waals surface area contributed by atoms with E-state index >= 15 is 0 Å². The van der Waals surface area contributed by atoms with Gasteiger partial charge in [0.05, 0.1) is 0 Å². The maximum atomic E-state index is 3.60. The lowest BCUT2D eigenvalue weighted by Gasteiger charge is -2.27. The third kappa shape index (κ3) is 3.87. The van der Waals surface area contributed by atoms with E-state index in [1.165, 1.54) is 40.5 Å². The molecular weight excluding hydrogens is 321 g/mol. The highest BCUT2D eigenvalue weighted by atomic mass is 127. The SMILES string of the molecule is Cc1ccc(NCC2CCCC(C)C2)cc1I. The molecule has 0 amide bonds. The molecule has 2 atom stereocenters. The molecule has 0 heterocycles. The second-order valence-corrected chi connectivity index (χ2v) is 6.64. The van der Waals surface area contributed by atoms with Crippen LogP contribution in [-0.2, 0) is 0 Å². The minimum absolute atomic E-state index is 0.873. The van der Waals surface area contributed by atoms with E-state index in [0.29, 0.717) is 0 Å². The van der Waals surface area contributed by atoms with Gasteiger partial charge in [-0.25, -0.2) is 0 Å². The smallest absolute Gasteiger partial charge is 0.0351 e. The number of rotatable bonds is 3. The second kappa shape index (κ2) is 6.07. The Balaban J connectivity index is 1.86. The fourth-order valence-electron chi connectivity index (χ4n) is 2.71. The molecule has 1 aliphatic rings. The van der Waals surface area contributed by atoms with Crippen molar-refractivity contribution in [2.75, 3.05) is 11.9 Å². The lowest BCUT2D eigenvalue weighted by Crippen LogP contribution is -2.21. The molecule has 1 aromatic rings. The van der Waals surface area contributed by atoms with Crippen molar-refractivity contribution in [1.29, 1.82) is 0 Å². The molecule has 1 saturated carbocycles. The molecule has 0 spiro atoms. The van der Waals surface area contributed by atoms with Gasteiger partial charge in [0.2, 0.25) is 0 Å². The van der Waals surface area contributed by atoms with Crippen LogP contribution in [0.1, 0.15) is 38.2 Å². The number of hydrogen-bond acceptors (Lipinski definition) is 1. The van der Waals surface area contributed by atoms with Gasteiger partial charge < -0.3 is 5.32 Å². The topological polar surface area (TPSA) is 12.0 Å². The summed E-state index contributed by atoms with van der Waals surface area (Å²) in [7, 11) is 0. The standard InChI is InChI=1S/C15H22IN/c1-11-4-3-5-13(8-11)10-17-14-7-6-12(2)15(16)9-14/h6-7,9,11,13,17H,3-5,8,10H2,1-2H3. The van der Waals surface area contributed by atoms with Gasteiger partial charge in [-0.1, -0.05) is 25.8 Å². The number of hydrogen-bond donors (Lipinski definition) is 1. The molecule has 1 N–H and O–H groups in total. The maximum Gasteiger partial charge on any atom is 0.0351 e. The number of nitrogens with one attached hydrogen (secondary N) is 1. The first-order chi connectivity index (χ1) is 8.15. The summed E-state index contributed by atoms with van der Waals surface area (Å²) in [4.78, 5) is 0. The number of benzene rings is 1. The molecule has 2 unspecified atom stereocenters. The predicted octanol–water partition coefficient (Wildman–Crippen LogP) is 4.84. The van der Waals surface area contributed by atoms with Gasteiger partial charge in [0.1, 0.15) is 0 Å². The van der Waals surface area contributed by atoms with E-state index in [1.807, 2.05) is 0 Å². The van der Waals surface area contributed by atoms with Gasteiger partial charge in [-0.3, -0.25) is 0 Å². The van der Waals surface area contributed by atoms with E-state index < -0.39 is 0 Å². The van der Waals surface area contributed by atoms with Crippen LogP contribution in [0.5, 0.6) is 0 Å². The van der Waals surface area contributed by atoms with Crippen LogP contribution in [0.2, 0.25) is 0 Å². The first-order valence-electron chi connectivity index (χ1n) is 6.65. The summed E-state index contributed by atoms with van der Waals surface area (Å²) >= 11 is 2.41. The van der Waals surface area contributed by atoms with E-state index in [4.69, 9.17) is 0 Å². The Morgan fingerprint density at radius 3 is 2.88 bits per heavy atom. The first kappa shape index (κ1) is 13.2. The quantitative estimate of drug-likeness (QED) is 0.775. The van der Waals surface area contributed by atoms with E-state index in [-0.39, 0.29) is 0 Å². The van der Waals surface area contributed by atoms with Crippen molar-refractivity contribution in [2.45, 2.75) is 39.5 Å². The molecule has 2 rings (SSSR count). The van der Waals surface area contributed by atoms with E-state index in [0.717, 1.165) is 18.4 Å². The number of aryl methyl sites for hydroxylation is 1. The van der Waals surface area contributed by atoms with Crippen LogP contribution in [0.15, 0.2) is 18.2 Å². The summed E-state index contributed by atoms with van der Waals surface area (Å²) < 4.78 is 1.35. The molecular formula is C15H22IN. The van der Waals surface area contributed by atoms with Crippen LogP contribution in [0, 0.1) is 22.3 Å². The average molecular weight is 343 g/mol. The molecule has 1 aromatic carbocycles. The summed E-state index contributed by atoms with van der Waals surface area (Å²) in [5, 5.41) is 3.60. The molecule has 0 aromatic heterocycles. The van der Waals surface area contributed by atoms with Gasteiger partial charge in [-0.15, -0.1) is 0 Å². The summed E-state index contributed by atoms with van der Waals surface area (Å²) in [6, 6.07) is 6.65. The summed E-state index contributed by atoms with van der Waals surface area (Å²) in [5.74, 6) is 1.80. The van der Waals surface area contributed by atoms with Crippen molar-refractivity contribution in [3.63, 3.8) is 0 Å². The molecule has 2 heteroatoms. The first-order valence-corrected chi connectivity index (χ1v) is 7.73. The monoisotopic (exact) mass is 343 g/mol. The zero-order valence-electron chi connectivity index (χ0n) is 10.8. The van der Waals surface area contributed by atoms with E-state index in [9.17, 15) is 0 Å². The van der Waals surface area contributed by atoms with Crippen molar-refractivity contribution >= 4 is 28.3 Å². The van der Waals surface area contributed by atoms with Gasteiger partial charge in [0.15, 0.2) is 0 Å². The Hall–Kier alpha value is -0.250. The van der Waals surface area contributed by atoms with Gasteiger partial charge in [-0.05, 0) is 71.9 Å². The molecule has 1 fully saturated rings. The fourth-order valence-corrected chi connectivity index (χ4v) is 3.23. The third-order valence-electron chi connectivity index (χ3n) is 3.81. The molecule has 94 valence electrons. The average Bonchev–Trinajstić information content (AvgIpc) is 2.31. The van der Waals surface area contributed by atoms with Gasteiger partial charge in [-0.2, -0.15) is 0 Å². The van der Waals surface area contributed by atoms with Crippen LogP contribution >= 0.6 is 22.6 Å². The fraction of sp³-hybridized carbons (Fsp3) is 0.600. The van der Waals surface area contributed by atoms with E-state index in [2.05, 4.69) is 60.0 Å². The third-order valence-corrected chi connectivity index (χ3v) is 4.97. The van der Waals surface area contributed by atoms with Crippen molar-refractivity contribution in [2.24, 2.45) is 11.8 Å². The van der Waals surface area contributed by atoms with Crippen molar-refractivity contribution in [3.05, 3.63) is 27.3 Å². The molecule has 17 heavy (non-hydrogen) atoms.